The Bertz CT molecular complexity index is 1350. The molecule has 3 unspecified atom stereocenters. The van der Waals surface area contributed by atoms with Crippen LogP contribution >= 0.6 is 0 Å². The highest BCUT2D eigenvalue weighted by Crippen LogP contribution is 2.52. The second-order valence-corrected chi connectivity index (χ2v) is 12.9. The van der Waals surface area contributed by atoms with Crippen molar-refractivity contribution in [1.29, 1.82) is 0 Å². The van der Waals surface area contributed by atoms with Gasteiger partial charge in [-0.1, -0.05) is 6.92 Å². The lowest BCUT2D eigenvalue weighted by molar-refractivity contribution is -0.181. The van der Waals surface area contributed by atoms with Crippen LogP contribution in [0, 0.1) is 29.6 Å². The largest absolute Gasteiger partial charge is 0.507 e. The number of phenols is 1. The predicted molar refractivity (Wildman–Crippen MR) is 151 cm³/mol. The maximum Gasteiger partial charge on any atom is 0.235 e. The molecule has 42 heavy (non-hydrogen) atoms. The highest BCUT2D eigenvalue weighted by atomic mass is 16.5. The van der Waals surface area contributed by atoms with E-state index in [1.165, 1.54) is 30.9 Å². The smallest absolute Gasteiger partial charge is 0.235 e. The SMILES string of the molecule is CCC(C)N(Cc1cc(O)c2c(c1OC)C[C@H]1C[C@H]3[C@H](N(C)C)C(=O)C(C(N)=O)C(=O)[C@@]3(O)C(=O)C1C2=O)CC1CC1. The van der Waals surface area contributed by atoms with Gasteiger partial charge in [-0.05, 0) is 71.0 Å². The number of ketones is 4. The summed E-state index contributed by atoms with van der Waals surface area (Å²) in [6, 6.07) is 0.667. The Morgan fingerprint density at radius 1 is 1.19 bits per heavy atom. The fourth-order valence-electron chi connectivity index (χ4n) is 7.60. The van der Waals surface area contributed by atoms with Gasteiger partial charge < -0.3 is 20.7 Å². The van der Waals surface area contributed by atoms with Crippen molar-refractivity contribution in [3.8, 4) is 11.5 Å². The Hall–Kier alpha value is -3.15. The molecule has 4 aliphatic rings. The molecule has 0 aliphatic heterocycles. The van der Waals surface area contributed by atoms with Crippen molar-refractivity contribution in [2.75, 3.05) is 27.7 Å². The van der Waals surface area contributed by atoms with Crippen LogP contribution in [-0.4, -0.2) is 94.5 Å². The van der Waals surface area contributed by atoms with Gasteiger partial charge in [0.2, 0.25) is 5.91 Å². The first-order valence-electron chi connectivity index (χ1n) is 14.8. The van der Waals surface area contributed by atoms with Crippen LogP contribution in [0.3, 0.4) is 0 Å². The number of primary amides is 1. The maximum absolute atomic E-state index is 14.0. The molecule has 0 bridgehead atoms. The third-order valence-corrected chi connectivity index (χ3v) is 10.1. The van der Waals surface area contributed by atoms with Crippen LogP contribution in [0.15, 0.2) is 6.07 Å². The minimum atomic E-state index is -2.74. The van der Waals surface area contributed by atoms with Crippen molar-refractivity contribution in [3.63, 3.8) is 0 Å². The van der Waals surface area contributed by atoms with E-state index in [-0.39, 0.29) is 24.2 Å². The molecule has 11 nitrogen and oxygen atoms in total. The van der Waals surface area contributed by atoms with Gasteiger partial charge in [0, 0.05) is 36.2 Å². The van der Waals surface area contributed by atoms with Crippen LogP contribution in [0.25, 0.3) is 0 Å². The van der Waals surface area contributed by atoms with Gasteiger partial charge in [-0.3, -0.25) is 33.8 Å². The van der Waals surface area contributed by atoms with Crippen molar-refractivity contribution >= 4 is 29.0 Å². The molecule has 0 radical (unpaired) electrons. The molecule has 1 aromatic rings. The topological polar surface area (TPSA) is 168 Å². The summed E-state index contributed by atoms with van der Waals surface area (Å²) in [5.74, 6) is -9.47. The fourth-order valence-corrected chi connectivity index (χ4v) is 7.60. The lowest BCUT2D eigenvalue weighted by Crippen LogP contribution is -2.74. The average molecular weight is 584 g/mol. The Kier molecular flexibility index (Phi) is 7.83. The molecule has 5 rings (SSSR count). The van der Waals surface area contributed by atoms with Gasteiger partial charge in [0.05, 0.1) is 24.6 Å². The van der Waals surface area contributed by atoms with Crippen LogP contribution < -0.4 is 10.5 Å². The molecule has 228 valence electrons. The lowest BCUT2D eigenvalue weighted by Gasteiger charge is -2.52. The fraction of sp³-hybridized carbons (Fsp3) is 0.645. The second kappa shape index (κ2) is 10.8. The van der Waals surface area contributed by atoms with Gasteiger partial charge in [-0.15, -0.1) is 0 Å². The Balaban J connectivity index is 1.57. The summed E-state index contributed by atoms with van der Waals surface area (Å²) in [6.45, 7) is 5.72. The number of likely N-dealkylation sites (N-methyl/N-ethyl adjacent to an activating group) is 1. The first-order chi connectivity index (χ1) is 19.8. The Morgan fingerprint density at radius 3 is 2.40 bits per heavy atom. The van der Waals surface area contributed by atoms with Crippen LogP contribution in [0.5, 0.6) is 11.5 Å². The molecule has 0 aromatic heterocycles. The number of nitrogens with zero attached hydrogens (tertiary/aromatic N) is 2. The monoisotopic (exact) mass is 583 g/mol. The molecular formula is C31H41N3O8. The van der Waals surface area contributed by atoms with Crippen LogP contribution in [0.1, 0.15) is 61.0 Å². The molecule has 0 saturated heterocycles. The van der Waals surface area contributed by atoms with Gasteiger partial charge in [0.25, 0.3) is 0 Å². The van der Waals surface area contributed by atoms with E-state index >= 15 is 0 Å². The van der Waals surface area contributed by atoms with Gasteiger partial charge in [0.1, 0.15) is 11.5 Å². The predicted octanol–water partition coefficient (Wildman–Crippen LogP) is 0.886. The van der Waals surface area contributed by atoms with E-state index < -0.39 is 64.4 Å². The number of carbonyl (C=O) groups is 5. The van der Waals surface area contributed by atoms with Gasteiger partial charge in [-0.25, -0.2) is 0 Å². The number of ether oxygens (including phenoxy) is 1. The van der Waals surface area contributed by atoms with Gasteiger partial charge in [-0.2, -0.15) is 0 Å². The van der Waals surface area contributed by atoms with E-state index in [0.717, 1.165) is 18.5 Å². The highest BCUT2D eigenvalue weighted by molar-refractivity contribution is 6.32. The molecule has 1 aromatic carbocycles. The van der Waals surface area contributed by atoms with E-state index in [2.05, 4.69) is 18.7 Å². The van der Waals surface area contributed by atoms with Crippen molar-refractivity contribution in [2.45, 2.75) is 70.2 Å². The zero-order chi connectivity index (χ0) is 30.8. The zero-order valence-electron chi connectivity index (χ0n) is 24.9. The molecular weight excluding hydrogens is 542 g/mol. The number of aromatic hydroxyl groups is 1. The summed E-state index contributed by atoms with van der Waals surface area (Å²) in [5.41, 5.74) is 3.80. The highest BCUT2D eigenvalue weighted by Gasteiger charge is 2.69. The summed E-state index contributed by atoms with van der Waals surface area (Å²) in [6.07, 6.45) is 3.50. The molecule has 4 N–H and O–H groups in total. The summed E-state index contributed by atoms with van der Waals surface area (Å²) >= 11 is 0. The molecule has 0 spiro atoms. The normalized spacial score (nSPS) is 31.6. The minimum absolute atomic E-state index is 0.00128. The second-order valence-electron chi connectivity index (χ2n) is 12.9. The van der Waals surface area contributed by atoms with E-state index in [0.29, 0.717) is 29.8 Å². The van der Waals surface area contributed by atoms with Gasteiger partial charge >= 0.3 is 0 Å². The number of phenolic OH excluding ortho intramolecular Hbond substituents is 1. The number of fused-ring (bicyclic) bond motifs is 3. The molecule has 3 saturated carbocycles. The number of methoxy groups -OCH3 is 1. The third kappa shape index (κ3) is 4.57. The number of amides is 1. The minimum Gasteiger partial charge on any atom is -0.507 e. The summed E-state index contributed by atoms with van der Waals surface area (Å²) in [5, 5.41) is 22.9. The summed E-state index contributed by atoms with van der Waals surface area (Å²) in [4.78, 5) is 70.6. The van der Waals surface area contributed by atoms with E-state index in [1.54, 1.807) is 14.1 Å². The third-order valence-electron chi connectivity index (χ3n) is 10.1. The number of nitrogens with two attached hydrogens (primary N) is 1. The van der Waals surface area contributed by atoms with Crippen molar-refractivity contribution < 1.29 is 38.9 Å². The lowest BCUT2D eigenvalue weighted by atomic mass is 9.52. The number of rotatable bonds is 9. The van der Waals surface area contributed by atoms with E-state index in [4.69, 9.17) is 10.5 Å². The number of hydrogen-bond donors (Lipinski definition) is 3. The van der Waals surface area contributed by atoms with Crippen molar-refractivity contribution in [3.05, 3.63) is 22.8 Å². The van der Waals surface area contributed by atoms with Crippen LogP contribution in [-0.2, 0) is 32.1 Å². The van der Waals surface area contributed by atoms with Crippen LogP contribution in [0.4, 0.5) is 0 Å². The molecule has 1 amide bonds. The average Bonchev–Trinajstić information content (AvgIpc) is 3.73. The van der Waals surface area contributed by atoms with Crippen molar-refractivity contribution in [1.82, 2.24) is 9.80 Å². The Labute approximate surface area is 245 Å². The molecule has 4 aliphatic carbocycles. The number of hydrogen-bond acceptors (Lipinski definition) is 10. The molecule has 0 heterocycles. The first kappa shape index (κ1) is 30.3. The quantitative estimate of drug-likeness (QED) is 0.355. The van der Waals surface area contributed by atoms with E-state index in [9.17, 15) is 34.2 Å². The summed E-state index contributed by atoms with van der Waals surface area (Å²) in [7, 11) is 4.63. The van der Waals surface area contributed by atoms with E-state index in [1.807, 2.05) is 0 Å². The Morgan fingerprint density at radius 2 is 1.86 bits per heavy atom. The maximum atomic E-state index is 14.0. The molecule has 7 atom stereocenters. The molecule has 11 heteroatoms. The standard InChI is InChI=1S/C31H41N3O8/c1-6-14(2)34(12-15-7-8-15)13-17-11-20(35)22-18(27(17)42-5)9-16-10-19-24(33(3)4)26(37)23(30(32)40)29(39)31(19,41)28(38)21(16)25(22)36/h11,14-16,19,21,23-24,35,41H,6-10,12-13H2,1-5H3,(H2,32,40)/t14?,16-,19-,21?,23?,24-,31-/m0/s1. The molecule has 3 fully saturated rings. The number of Topliss-reactive ketones (excluding diaryl/α,β-unsaturated/α-hetero) is 4. The van der Waals surface area contributed by atoms with Crippen LogP contribution in [0.2, 0.25) is 0 Å². The number of benzene rings is 1. The zero-order valence-corrected chi connectivity index (χ0v) is 24.9. The van der Waals surface area contributed by atoms with Gasteiger partial charge in [0.15, 0.2) is 34.7 Å². The number of carbonyl (C=O) groups excluding carboxylic acids is 5. The first-order valence-corrected chi connectivity index (χ1v) is 14.8. The van der Waals surface area contributed by atoms with Crippen molar-refractivity contribution in [2.24, 2.45) is 35.3 Å². The number of aliphatic hydroxyl groups is 1. The summed E-state index contributed by atoms with van der Waals surface area (Å²) < 4.78 is 5.86.